The molecule has 3 rings (SSSR count). The Hall–Kier alpha value is -2.15. The molecule has 0 bridgehead atoms. The van der Waals surface area contributed by atoms with Crippen molar-refractivity contribution in [2.24, 2.45) is 7.05 Å². The minimum absolute atomic E-state index is 0.462. The van der Waals surface area contributed by atoms with Crippen molar-refractivity contribution in [3.8, 4) is 0 Å². The number of imidazole rings is 1. The highest BCUT2D eigenvalue weighted by atomic mass is 15.3. The monoisotopic (exact) mass is 315 g/mol. The van der Waals surface area contributed by atoms with Gasteiger partial charge >= 0.3 is 0 Å². The van der Waals surface area contributed by atoms with Crippen LogP contribution in [0.4, 0.5) is 11.8 Å². The molecule has 1 saturated heterocycles. The molecule has 124 valence electrons. The van der Waals surface area contributed by atoms with Crippen LogP contribution in [-0.2, 0) is 13.6 Å². The lowest BCUT2D eigenvalue weighted by Crippen LogP contribution is -2.46. The van der Waals surface area contributed by atoms with E-state index in [1.54, 1.807) is 6.20 Å². The van der Waals surface area contributed by atoms with Crippen LogP contribution >= 0.6 is 0 Å². The average Bonchev–Trinajstić information content (AvgIpc) is 2.95. The second kappa shape index (κ2) is 6.95. The Morgan fingerprint density at radius 2 is 2.26 bits per heavy atom. The van der Waals surface area contributed by atoms with Gasteiger partial charge in [0.05, 0.1) is 11.9 Å². The fourth-order valence-corrected chi connectivity index (χ4v) is 3.08. The molecule has 1 atom stereocenters. The summed E-state index contributed by atoms with van der Waals surface area (Å²) in [7, 11) is 6.09. The molecule has 23 heavy (non-hydrogen) atoms. The first-order valence-electron chi connectivity index (χ1n) is 8.09. The molecular weight excluding hydrogens is 290 g/mol. The standard InChI is InChI=1S/C16H25N7/c1-21(2)16-18-11-14(22(16)3)10-17-13-6-5-9-23(12-13)15-7-4-8-19-20-15/h4,7-8,11,13,17H,5-6,9-10,12H2,1-3H3/t13-/m0/s1. The predicted octanol–water partition coefficient (Wildman–Crippen LogP) is 1.03. The molecule has 1 aliphatic heterocycles. The van der Waals surface area contributed by atoms with Gasteiger partial charge < -0.3 is 19.7 Å². The van der Waals surface area contributed by atoms with E-state index in [2.05, 4.69) is 37.0 Å². The molecule has 7 heteroatoms. The Bertz CT molecular complexity index is 623. The first-order chi connectivity index (χ1) is 11.1. The summed E-state index contributed by atoms with van der Waals surface area (Å²) in [6, 6.07) is 4.43. The van der Waals surface area contributed by atoms with Crippen LogP contribution in [0.25, 0.3) is 0 Å². The van der Waals surface area contributed by atoms with Gasteiger partial charge in [-0.15, -0.1) is 5.10 Å². The van der Waals surface area contributed by atoms with Crippen LogP contribution in [0.3, 0.4) is 0 Å². The number of aromatic nitrogens is 4. The Morgan fingerprint density at radius 1 is 1.39 bits per heavy atom. The van der Waals surface area contributed by atoms with E-state index in [1.165, 1.54) is 18.5 Å². The number of nitrogens with zero attached hydrogens (tertiary/aromatic N) is 6. The van der Waals surface area contributed by atoms with Crippen molar-refractivity contribution >= 4 is 11.8 Å². The summed E-state index contributed by atoms with van der Waals surface area (Å²) in [5.41, 5.74) is 1.20. The second-order valence-electron chi connectivity index (χ2n) is 6.25. The Kier molecular flexibility index (Phi) is 4.76. The molecular formula is C16H25N7. The zero-order valence-corrected chi connectivity index (χ0v) is 14.1. The van der Waals surface area contributed by atoms with Gasteiger partial charge in [0.2, 0.25) is 5.95 Å². The Labute approximate surface area is 137 Å². The van der Waals surface area contributed by atoms with Crippen LogP contribution in [0.5, 0.6) is 0 Å². The van der Waals surface area contributed by atoms with Gasteiger partial charge in [-0.3, -0.25) is 0 Å². The van der Waals surface area contributed by atoms with E-state index in [9.17, 15) is 0 Å². The van der Waals surface area contributed by atoms with E-state index in [0.29, 0.717) is 6.04 Å². The maximum atomic E-state index is 4.46. The number of piperidine rings is 1. The minimum atomic E-state index is 0.462. The van der Waals surface area contributed by atoms with Crippen molar-refractivity contribution in [1.82, 2.24) is 25.1 Å². The molecule has 0 aromatic carbocycles. The van der Waals surface area contributed by atoms with E-state index in [0.717, 1.165) is 31.4 Å². The highest BCUT2D eigenvalue weighted by Crippen LogP contribution is 2.17. The quantitative estimate of drug-likeness (QED) is 0.889. The molecule has 1 N–H and O–H groups in total. The van der Waals surface area contributed by atoms with Crippen molar-refractivity contribution in [2.75, 3.05) is 37.0 Å². The number of rotatable bonds is 5. The third-order valence-electron chi connectivity index (χ3n) is 4.34. The Morgan fingerprint density at radius 3 is 2.96 bits per heavy atom. The number of anilines is 2. The third-order valence-corrected chi connectivity index (χ3v) is 4.34. The first-order valence-corrected chi connectivity index (χ1v) is 8.09. The smallest absolute Gasteiger partial charge is 0.204 e. The number of hydrogen-bond donors (Lipinski definition) is 1. The lowest BCUT2D eigenvalue weighted by atomic mass is 10.1. The van der Waals surface area contributed by atoms with Crippen molar-refractivity contribution in [3.05, 3.63) is 30.2 Å². The molecule has 0 radical (unpaired) electrons. The van der Waals surface area contributed by atoms with E-state index in [1.807, 2.05) is 37.3 Å². The largest absolute Gasteiger partial charge is 0.354 e. The normalized spacial score (nSPS) is 18.2. The van der Waals surface area contributed by atoms with Crippen molar-refractivity contribution in [2.45, 2.75) is 25.4 Å². The second-order valence-corrected chi connectivity index (χ2v) is 6.25. The van der Waals surface area contributed by atoms with Gasteiger partial charge in [0, 0.05) is 53.0 Å². The van der Waals surface area contributed by atoms with Crippen molar-refractivity contribution in [1.29, 1.82) is 0 Å². The maximum absolute atomic E-state index is 4.46. The average molecular weight is 315 g/mol. The van der Waals surface area contributed by atoms with Gasteiger partial charge in [-0.25, -0.2) is 4.98 Å². The summed E-state index contributed by atoms with van der Waals surface area (Å²) in [6.45, 7) is 2.85. The number of hydrogen-bond acceptors (Lipinski definition) is 6. The highest BCUT2D eigenvalue weighted by Gasteiger charge is 2.21. The van der Waals surface area contributed by atoms with Crippen LogP contribution in [0.2, 0.25) is 0 Å². The lowest BCUT2D eigenvalue weighted by Gasteiger charge is -2.33. The fraction of sp³-hybridized carbons (Fsp3) is 0.562. The molecule has 2 aromatic heterocycles. The SMILES string of the molecule is CN(C)c1ncc(CN[C@H]2CCCN(c3cccnn3)C2)n1C. The van der Waals surface area contributed by atoms with Crippen molar-refractivity contribution in [3.63, 3.8) is 0 Å². The van der Waals surface area contributed by atoms with Gasteiger partial charge in [0.25, 0.3) is 0 Å². The van der Waals surface area contributed by atoms with Gasteiger partial charge in [0.1, 0.15) is 0 Å². The summed E-state index contributed by atoms with van der Waals surface area (Å²) in [5, 5.41) is 11.9. The molecule has 2 aromatic rings. The van der Waals surface area contributed by atoms with Gasteiger partial charge in [-0.05, 0) is 25.0 Å². The molecule has 7 nitrogen and oxygen atoms in total. The lowest BCUT2D eigenvalue weighted by molar-refractivity contribution is 0.415. The fourth-order valence-electron chi connectivity index (χ4n) is 3.08. The first kappa shape index (κ1) is 15.7. The molecule has 1 aliphatic rings. The maximum Gasteiger partial charge on any atom is 0.204 e. The summed E-state index contributed by atoms with van der Waals surface area (Å²) >= 11 is 0. The zero-order chi connectivity index (χ0) is 16.2. The van der Waals surface area contributed by atoms with Crippen LogP contribution < -0.4 is 15.1 Å². The van der Waals surface area contributed by atoms with Gasteiger partial charge in [-0.2, -0.15) is 5.10 Å². The summed E-state index contributed by atoms with van der Waals surface area (Å²) in [4.78, 5) is 8.80. The van der Waals surface area contributed by atoms with Crippen LogP contribution in [-0.4, -0.2) is 53.0 Å². The molecule has 1 fully saturated rings. The topological polar surface area (TPSA) is 62.1 Å². The van der Waals surface area contributed by atoms with E-state index < -0.39 is 0 Å². The van der Waals surface area contributed by atoms with Gasteiger partial charge in [-0.1, -0.05) is 0 Å². The zero-order valence-electron chi connectivity index (χ0n) is 14.1. The molecule has 0 aliphatic carbocycles. The molecule has 0 amide bonds. The highest BCUT2D eigenvalue weighted by molar-refractivity contribution is 5.37. The predicted molar refractivity (Wildman–Crippen MR) is 91.6 cm³/mol. The van der Waals surface area contributed by atoms with Crippen molar-refractivity contribution < 1.29 is 0 Å². The van der Waals surface area contributed by atoms with Crippen LogP contribution in [0, 0.1) is 0 Å². The number of nitrogens with one attached hydrogen (secondary N) is 1. The van der Waals surface area contributed by atoms with Gasteiger partial charge in [0.15, 0.2) is 5.82 Å². The van der Waals surface area contributed by atoms with Crippen LogP contribution in [0.15, 0.2) is 24.5 Å². The minimum Gasteiger partial charge on any atom is -0.354 e. The molecule has 0 saturated carbocycles. The summed E-state index contributed by atoms with van der Waals surface area (Å²) in [5.74, 6) is 1.95. The molecule has 0 spiro atoms. The molecule has 3 heterocycles. The van der Waals surface area contributed by atoms with E-state index in [-0.39, 0.29) is 0 Å². The van der Waals surface area contributed by atoms with E-state index >= 15 is 0 Å². The van der Waals surface area contributed by atoms with E-state index in [4.69, 9.17) is 0 Å². The Balaban J connectivity index is 1.58. The van der Waals surface area contributed by atoms with Crippen LogP contribution in [0.1, 0.15) is 18.5 Å². The summed E-state index contributed by atoms with van der Waals surface area (Å²) < 4.78 is 2.14. The molecule has 0 unspecified atom stereocenters. The third kappa shape index (κ3) is 3.61. The summed E-state index contributed by atoms with van der Waals surface area (Å²) in [6.07, 6.45) is 6.03.